The van der Waals surface area contributed by atoms with Gasteiger partial charge in [-0.3, -0.25) is 10.5 Å². The van der Waals surface area contributed by atoms with E-state index in [1.54, 1.807) is 36.4 Å². The van der Waals surface area contributed by atoms with E-state index < -0.39 is 5.97 Å². The van der Waals surface area contributed by atoms with Gasteiger partial charge in [0.15, 0.2) is 5.03 Å². The predicted molar refractivity (Wildman–Crippen MR) is 105 cm³/mol. The molecular formula is C21H15N4O2S+. The molecule has 0 fully saturated rings. The summed E-state index contributed by atoms with van der Waals surface area (Å²) in [4.78, 5) is 15.0. The van der Waals surface area contributed by atoms with Crippen molar-refractivity contribution in [2.24, 2.45) is 0 Å². The van der Waals surface area contributed by atoms with Crippen LogP contribution >= 0.6 is 11.8 Å². The van der Waals surface area contributed by atoms with E-state index in [9.17, 15) is 15.3 Å². The van der Waals surface area contributed by atoms with Crippen LogP contribution in [-0.4, -0.2) is 11.7 Å². The number of nitrogens with one attached hydrogen (secondary N) is 1. The van der Waals surface area contributed by atoms with Crippen molar-refractivity contribution < 1.29 is 14.5 Å². The second-order valence-electron chi connectivity index (χ2n) is 5.66. The molecule has 2 aromatic carbocycles. The van der Waals surface area contributed by atoms with Crippen LogP contribution in [-0.2, 0) is 4.79 Å². The van der Waals surface area contributed by atoms with Crippen molar-refractivity contribution in [3.63, 3.8) is 0 Å². The Hall–Kier alpha value is -3.81. The highest BCUT2D eigenvalue weighted by atomic mass is 32.2. The maximum atomic E-state index is 12.1. The first-order valence-corrected chi connectivity index (χ1v) is 9.25. The van der Waals surface area contributed by atoms with E-state index in [1.165, 1.54) is 0 Å². The SMILES string of the molecule is N#Cc1c(N)[nH+]c(SCC(=O)Oc2ccccc2)c(C#N)c1-c1ccccc1. The minimum Gasteiger partial charge on any atom is -0.426 e. The molecule has 7 heteroatoms. The zero-order valence-electron chi connectivity index (χ0n) is 14.7. The summed E-state index contributed by atoms with van der Waals surface area (Å²) in [6.45, 7) is 0. The molecule has 3 N–H and O–H groups in total. The number of carbonyl (C=O) groups is 1. The third-order valence-electron chi connectivity index (χ3n) is 3.84. The molecule has 0 unspecified atom stereocenters. The third kappa shape index (κ3) is 4.12. The number of para-hydroxylation sites is 1. The topological polar surface area (TPSA) is 114 Å². The quantitative estimate of drug-likeness (QED) is 0.408. The molecule has 0 aliphatic rings. The molecule has 1 aromatic heterocycles. The molecule has 0 radical (unpaired) electrons. The van der Waals surface area contributed by atoms with Gasteiger partial charge in [0.2, 0.25) is 0 Å². The first kappa shape index (κ1) is 19.0. The van der Waals surface area contributed by atoms with E-state index in [0.717, 1.165) is 11.8 Å². The van der Waals surface area contributed by atoms with Gasteiger partial charge in [0, 0.05) is 5.56 Å². The number of nitriles is 2. The molecule has 1 heterocycles. The Labute approximate surface area is 166 Å². The van der Waals surface area contributed by atoms with Gasteiger partial charge < -0.3 is 4.74 Å². The van der Waals surface area contributed by atoms with Crippen molar-refractivity contribution in [3.8, 4) is 29.0 Å². The Morgan fingerprint density at radius 2 is 1.61 bits per heavy atom. The van der Waals surface area contributed by atoms with Crippen molar-refractivity contribution in [1.29, 1.82) is 10.5 Å². The van der Waals surface area contributed by atoms with Crippen LogP contribution in [0.4, 0.5) is 5.82 Å². The molecule has 0 aliphatic heterocycles. The molecule has 0 atom stereocenters. The second-order valence-corrected chi connectivity index (χ2v) is 6.64. The van der Waals surface area contributed by atoms with Gasteiger partial charge in [0.1, 0.15) is 34.8 Å². The van der Waals surface area contributed by atoms with Gasteiger partial charge in [-0.25, -0.2) is 4.98 Å². The summed E-state index contributed by atoms with van der Waals surface area (Å²) < 4.78 is 5.26. The van der Waals surface area contributed by atoms with E-state index in [0.29, 0.717) is 21.9 Å². The molecule has 3 rings (SSSR count). The number of H-pyrrole nitrogens is 1. The summed E-state index contributed by atoms with van der Waals surface area (Å²) in [5.74, 6) is 0.0958. The molecule has 0 saturated carbocycles. The third-order valence-corrected chi connectivity index (χ3v) is 4.81. The van der Waals surface area contributed by atoms with Gasteiger partial charge >= 0.3 is 5.97 Å². The number of benzene rings is 2. The van der Waals surface area contributed by atoms with E-state index >= 15 is 0 Å². The van der Waals surface area contributed by atoms with Gasteiger partial charge in [0.05, 0.1) is 0 Å². The zero-order chi connectivity index (χ0) is 19.9. The Morgan fingerprint density at radius 3 is 2.21 bits per heavy atom. The van der Waals surface area contributed by atoms with Crippen LogP contribution in [0.3, 0.4) is 0 Å². The van der Waals surface area contributed by atoms with Gasteiger partial charge in [-0.2, -0.15) is 10.5 Å². The summed E-state index contributed by atoms with van der Waals surface area (Å²) in [6, 6.07) is 22.0. The Kier molecular flexibility index (Phi) is 5.91. The number of esters is 1. The highest BCUT2D eigenvalue weighted by molar-refractivity contribution is 7.99. The van der Waals surface area contributed by atoms with Gasteiger partial charge in [-0.05, 0) is 17.7 Å². The van der Waals surface area contributed by atoms with Gasteiger partial charge in [-0.1, -0.05) is 60.3 Å². The number of hydrogen-bond donors (Lipinski definition) is 1. The number of nitrogen functional groups attached to an aromatic ring is 1. The number of nitrogens with zero attached hydrogens (tertiary/aromatic N) is 2. The standard InChI is InChI=1S/C21H14N4O2S/c22-11-16-19(14-7-3-1-4-8-14)17(12-23)21(25-20(16)24)28-13-18(26)27-15-9-5-2-6-10-15/h1-10H,13H2,(H2,24,25)/p+1. The van der Waals surface area contributed by atoms with E-state index in [4.69, 9.17) is 10.5 Å². The highest BCUT2D eigenvalue weighted by Gasteiger charge is 2.24. The maximum absolute atomic E-state index is 12.1. The van der Waals surface area contributed by atoms with Crippen molar-refractivity contribution in [1.82, 2.24) is 0 Å². The first-order valence-electron chi connectivity index (χ1n) is 8.27. The van der Waals surface area contributed by atoms with Crippen LogP contribution in [0.5, 0.6) is 5.75 Å². The van der Waals surface area contributed by atoms with Gasteiger partial charge in [-0.15, -0.1) is 0 Å². The number of aromatic nitrogens is 1. The maximum Gasteiger partial charge on any atom is 0.321 e. The highest BCUT2D eigenvalue weighted by Crippen LogP contribution is 2.33. The zero-order valence-corrected chi connectivity index (χ0v) is 15.5. The average Bonchev–Trinajstić information content (AvgIpc) is 2.73. The Bertz CT molecular complexity index is 1090. The summed E-state index contributed by atoms with van der Waals surface area (Å²) in [5.41, 5.74) is 7.60. The van der Waals surface area contributed by atoms with Crippen molar-refractivity contribution in [3.05, 3.63) is 71.8 Å². The van der Waals surface area contributed by atoms with E-state index in [2.05, 4.69) is 17.1 Å². The minimum absolute atomic E-state index is 0.0281. The lowest BCUT2D eigenvalue weighted by Gasteiger charge is -2.10. The Balaban J connectivity index is 1.92. The largest absolute Gasteiger partial charge is 0.426 e. The lowest BCUT2D eigenvalue weighted by molar-refractivity contribution is -0.410. The van der Waals surface area contributed by atoms with Crippen molar-refractivity contribution in [2.45, 2.75) is 5.03 Å². The van der Waals surface area contributed by atoms with Crippen LogP contribution in [0.2, 0.25) is 0 Å². The van der Waals surface area contributed by atoms with Crippen LogP contribution < -0.4 is 15.5 Å². The van der Waals surface area contributed by atoms with Gasteiger partial charge in [0.25, 0.3) is 5.82 Å². The molecule has 0 spiro atoms. The normalized spacial score (nSPS) is 9.93. The monoisotopic (exact) mass is 387 g/mol. The molecule has 0 bridgehead atoms. The summed E-state index contributed by atoms with van der Waals surface area (Å²) in [6.07, 6.45) is 0. The van der Waals surface area contributed by atoms with E-state index in [1.807, 2.05) is 24.3 Å². The molecule has 3 aromatic rings. The van der Waals surface area contributed by atoms with Crippen molar-refractivity contribution >= 4 is 23.5 Å². The number of anilines is 1. The molecular weight excluding hydrogens is 372 g/mol. The summed E-state index contributed by atoms with van der Waals surface area (Å²) in [7, 11) is 0. The lowest BCUT2D eigenvalue weighted by Crippen LogP contribution is -2.20. The Morgan fingerprint density at radius 1 is 1.00 bits per heavy atom. The second kappa shape index (κ2) is 8.72. The van der Waals surface area contributed by atoms with Crippen molar-refractivity contribution in [2.75, 3.05) is 11.5 Å². The number of ether oxygens (including phenoxy) is 1. The number of hydrogen-bond acceptors (Lipinski definition) is 6. The number of nitrogens with two attached hydrogens (primary N) is 1. The molecule has 0 aliphatic carbocycles. The first-order chi connectivity index (χ1) is 13.6. The molecule has 28 heavy (non-hydrogen) atoms. The predicted octanol–water partition coefficient (Wildman–Crippen LogP) is 3.19. The average molecular weight is 387 g/mol. The van der Waals surface area contributed by atoms with Crippen LogP contribution in [0.15, 0.2) is 65.7 Å². The number of rotatable bonds is 5. The number of aromatic amines is 1. The lowest BCUT2D eigenvalue weighted by atomic mass is 9.97. The summed E-state index contributed by atoms with van der Waals surface area (Å²) in [5, 5.41) is 19.6. The smallest absolute Gasteiger partial charge is 0.321 e. The fraction of sp³-hybridized carbons (Fsp3) is 0.0476. The fourth-order valence-corrected chi connectivity index (χ4v) is 3.42. The minimum atomic E-state index is -0.460. The van der Waals surface area contributed by atoms with E-state index in [-0.39, 0.29) is 22.7 Å². The molecule has 136 valence electrons. The molecule has 0 amide bonds. The van der Waals surface area contributed by atoms with Crippen LogP contribution in [0.1, 0.15) is 11.1 Å². The number of thioether (sulfide) groups is 1. The molecule has 0 saturated heterocycles. The van der Waals surface area contributed by atoms with Crippen LogP contribution in [0.25, 0.3) is 11.1 Å². The summed E-state index contributed by atoms with van der Waals surface area (Å²) >= 11 is 1.10. The van der Waals surface area contributed by atoms with Crippen LogP contribution in [0, 0.1) is 22.7 Å². The fourth-order valence-electron chi connectivity index (χ4n) is 2.63. The number of carbonyl (C=O) groups excluding carboxylic acids is 1. The molecule has 6 nitrogen and oxygen atoms in total. The number of pyridine rings is 1.